The summed E-state index contributed by atoms with van der Waals surface area (Å²) < 4.78 is 5.22. The molecule has 0 bridgehead atoms. The summed E-state index contributed by atoms with van der Waals surface area (Å²) in [5.74, 6) is -1.19. The molecule has 1 aromatic heterocycles. The third-order valence-electron chi connectivity index (χ3n) is 2.20. The van der Waals surface area contributed by atoms with Crippen molar-refractivity contribution in [3.05, 3.63) is 11.4 Å². The van der Waals surface area contributed by atoms with Crippen molar-refractivity contribution in [2.45, 2.75) is 39.8 Å². The number of amides is 1. The molecule has 0 atom stereocenters. The van der Waals surface area contributed by atoms with Gasteiger partial charge in [0.25, 0.3) is 0 Å². The van der Waals surface area contributed by atoms with Gasteiger partial charge in [-0.15, -0.1) is 5.10 Å². The molecule has 0 radical (unpaired) electrons. The standard InChI is InChI=1S/C11H18N4O4/c1-5-15(10(18)19-11(2,3)4)6-7-8(9(16)17)13-14-12-7/h5-6H2,1-4H3,(H,16,17)(H,12,13,14). The van der Waals surface area contributed by atoms with Crippen LogP contribution in [0.5, 0.6) is 0 Å². The Labute approximate surface area is 110 Å². The molecule has 1 amide bonds. The van der Waals surface area contributed by atoms with Gasteiger partial charge in [0.15, 0.2) is 5.69 Å². The highest BCUT2D eigenvalue weighted by Crippen LogP contribution is 2.12. The fraction of sp³-hybridized carbons (Fsp3) is 0.636. The van der Waals surface area contributed by atoms with Crippen LogP contribution in [0.4, 0.5) is 4.79 Å². The Morgan fingerprint density at radius 2 is 2.00 bits per heavy atom. The molecule has 1 rings (SSSR count). The lowest BCUT2D eigenvalue weighted by Crippen LogP contribution is -2.36. The molecule has 0 saturated heterocycles. The molecule has 0 aliphatic heterocycles. The van der Waals surface area contributed by atoms with Gasteiger partial charge in [-0.1, -0.05) is 0 Å². The minimum absolute atomic E-state index is 0.0313. The lowest BCUT2D eigenvalue weighted by Gasteiger charge is -2.26. The number of carboxylic acid groups (broad SMARTS) is 1. The lowest BCUT2D eigenvalue weighted by molar-refractivity contribution is 0.0240. The number of hydrogen-bond donors (Lipinski definition) is 2. The summed E-state index contributed by atoms with van der Waals surface area (Å²) in [6.45, 7) is 7.46. The number of rotatable bonds is 4. The molecule has 1 aromatic rings. The average molecular weight is 270 g/mol. The van der Waals surface area contributed by atoms with Crippen molar-refractivity contribution >= 4 is 12.1 Å². The fourth-order valence-corrected chi connectivity index (χ4v) is 1.35. The molecule has 0 fully saturated rings. The average Bonchev–Trinajstić information content (AvgIpc) is 2.71. The van der Waals surface area contributed by atoms with Crippen LogP contribution in [0.1, 0.15) is 43.9 Å². The molecule has 0 unspecified atom stereocenters. The van der Waals surface area contributed by atoms with Gasteiger partial charge in [0.2, 0.25) is 0 Å². The molecule has 2 N–H and O–H groups in total. The number of carboxylic acids is 1. The number of carbonyl (C=O) groups is 2. The number of aromatic amines is 1. The number of nitrogens with one attached hydrogen (secondary N) is 1. The predicted molar refractivity (Wildman–Crippen MR) is 65.7 cm³/mol. The Morgan fingerprint density at radius 1 is 1.37 bits per heavy atom. The van der Waals surface area contributed by atoms with Gasteiger partial charge in [-0.3, -0.25) is 0 Å². The van der Waals surface area contributed by atoms with Crippen LogP contribution in [0, 0.1) is 0 Å². The smallest absolute Gasteiger partial charge is 0.410 e. The van der Waals surface area contributed by atoms with Crippen molar-refractivity contribution < 1.29 is 19.4 Å². The van der Waals surface area contributed by atoms with Crippen molar-refractivity contribution in [1.29, 1.82) is 0 Å². The van der Waals surface area contributed by atoms with Crippen LogP contribution >= 0.6 is 0 Å². The highest BCUT2D eigenvalue weighted by Gasteiger charge is 2.24. The topological polar surface area (TPSA) is 108 Å². The molecule has 0 saturated carbocycles. The molecule has 106 valence electrons. The Kier molecular flexibility index (Phi) is 4.47. The maximum Gasteiger partial charge on any atom is 0.410 e. The summed E-state index contributed by atoms with van der Waals surface area (Å²) in [6, 6.07) is 0. The Balaban J connectivity index is 2.79. The summed E-state index contributed by atoms with van der Waals surface area (Å²) in [5.41, 5.74) is -0.605. The molecule has 19 heavy (non-hydrogen) atoms. The summed E-state index contributed by atoms with van der Waals surface area (Å²) >= 11 is 0. The largest absolute Gasteiger partial charge is 0.476 e. The molecule has 1 heterocycles. The number of H-pyrrole nitrogens is 1. The Hall–Kier alpha value is -2.12. The molecule has 0 aromatic carbocycles. The van der Waals surface area contributed by atoms with E-state index in [4.69, 9.17) is 9.84 Å². The van der Waals surface area contributed by atoms with Crippen molar-refractivity contribution in [2.75, 3.05) is 6.54 Å². The van der Waals surface area contributed by atoms with E-state index in [0.29, 0.717) is 6.54 Å². The maximum atomic E-state index is 11.9. The zero-order chi connectivity index (χ0) is 14.6. The Morgan fingerprint density at radius 3 is 2.47 bits per heavy atom. The first-order valence-corrected chi connectivity index (χ1v) is 5.85. The SMILES string of the molecule is CCN(Cc1n[nH]nc1C(=O)O)C(=O)OC(C)(C)C. The second-order valence-corrected chi connectivity index (χ2v) is 4.92. The van der Waals surface area contributed by atoms with Crippen molar-refractivity contribution in [3.63, 3.8) is 0 Å². The maximum absolute atomic E-state index is 11.9. The van der Waals surface area contributed by atoms with Crippen molar-refractivity contribution in [3.8, 4) is 0 Å². The first-order valence-electron chi connectivity index (χ1n) is 5.85. The number of carbonyl (C=O) groups excluding carboxylic acids is 1. The summed E-state index contributed by atoms with van der Waals surface area (Å²) in [4.78, 5) is 24.1. The first kappa shape index (κ1) is 14.9. The zero-order valence-corrected chi connectivity index (χ0v) is 11.4. The van der Waals surface area contributed by atoms with E-state index in [1.54, 1.807) is 27.7 Å². The van der Waals surface area contributed by atoms with E-state index >= 15 is 0 Å². The number of ether oxygens (including phenoxy) is 1. The normalized spacial score (nSPS) is 11.2. The molecule has 0 aliphatic rings. The van der Waals surface area contributed by atoms with Crippen LogP contribution in [0.15, 0.2) is 0 Å². The van der Waals surface area contributed by atoms with Gasteiger partial charge in [-0.2, -0.15) is 10.3 Å². The minimum Gasteiger partial charge on any atom is -0.476 e. The van der Waals surface area contributed by atoms with Gasteiger partial charge in [0.05, 0.1) is 6.54 Å². The van der Waals surface area contributed by atoms with Crippen LogP contribution in [-0.2, 0) is 11.3 Å². The van der Waals surface area contributed by atoms with Crippen LogP contribution in [-0.4, -0.2) is 49.6 Å². The van der Waals surface area contributed by atoms with Crippen molar-refractivity contribution in [1.82, 2.24) is 20.3 Å². The highest BCUT2D eigenvalue weighted by molar-refractivity contribution is 5.86. The summed E-state index contributed by atoms with van der Waals surface area (Å²) in [6.07, 6.45) is -0.519. The van der Waals surface area contributed by atoms with Crippen molar-refractivity contribution in [2.24, 2.45) is 0 Å². The Bertz CT molecular complexity index is 464. The van der Waals surface area contributed by atoms with Gasteiger partial charge >= 0.3 is 12.1 Å². The first-order chi connectivity index (χ1) is 8.74. The van der Waals surface area contributed by atoms with Crippen LogP contribution < -0.4 is 0 Å². The van der Waals surface area contributed by atoms with E-state index < -0.39 is 17.7 Å². The van der Waals surface area contributed by atoms with E-state index in [9.17, 15) is 9.59 Å². The van der Waals surface area contributed by atoms with Crippen LogP contribution in [0.25, 0.3) is 0 Å². The van der Waals surface area contributed by atoms with Gasteiger partial charge in [-0.25, -0.2) is 9.59 Å². The number of nitrogens with zero attached hydrogens (tertiary/aromatic N) is 3. The second-order valence-electron chi connectivity index (χ2n) is 4.92. The van der Waals surface area contributed by atoms with E-state index in [1.165, 1.54) is 4.90 Å². The molecule has 0 aliphatic carbocycles. The number of hydrogen-bond acceptors (Lipinski definition) is 5. The number of aromatic carboxylic acids is 1. The zero-order valence-electron chi connectivity index (χ0n) is 11.4. The van der Waals surface area contributed by atoms with Crippen LogP contribution in [0.3, 0.4) is 0 Å². The molecular formula is C11H18N4O4. The fourth-order valence-electron chi connectivity index (χ4n) is 1.35. The van der Waals surface area contributed by atoms with E-state index in [-0.39, 0.29) is 17.9 Å². The monoisotopic (exact) mass is 270 g/mol. The summed E-state index contributed by atoms with van der Waals surface area (Å²) in [5, 5.41) is 18.4. The third kappa shape index (κ3) is 4.23. The minimum atomic E-state index is -1.19. The van der Waals surface area contributed by atoms with Gasteiger partial charge in [0.1, 0.15) is 11.3 Å². The molecular weight excluding hydrogens is 252 g/mol. The molecule has 8 heteroatoms. The quantitative estimate of drug-likeness (QED) is 0.852. The second kappa shape index (κ2) is 5.68. The van der Waals surface area contributed by atoms with E-state index in [1.807, 2.05) is 0 Å². The third-order valence-corrected chi connectivity index (χ3v) is 2.20. The van der Waals surface area contributed by atoms with E-state index in [2.05, 4.69) is 15.4 Å². The van der Waals surface area contributed by atoms with Gasteiger partial charge < -0.3 is 14.7 Å². The van der Waals surface area contributed by atoms with Gasteiger partial charge in [-0.05, 0) is 27.7 Å². The van der Waals surface area contributed by atoms with Crippen LogP contribution in [0.2, 0.25) is 0 Å². The molecule has 8 nitrogen and oxygen atoms in total. The lowest BCUT2D eigenvalue weighted by atomic mass is 10.2. The molecule has 0 spiro atoms. The highest BCUT2D eigenvalue weighted by atomic mass is 16.6. The van der Waals surface area contributed by atoms with Gasteiger partial charge in [0, 0.05) is 6.54 Å². The predicted octanol–water partition coefficient (Wildman–Crippen LogP) is 1.26. The number of aromatic nitrogens is 3. The van der Waals surface area contributed by atoms with E-state index in [0.717, 1.165) is 0 Å². The summed E-state index contributed by atoms with van der Waals surface area (Å²) in [7, 11) is 0.